The van der Waals surface area contributed by atoms with Gasteiger partial charge in [-0.1, -0.05) is 53.1 Å². The molecule has 0 bridgehead atoms. The van der Waals surface area contributed by atoms with Crippen molar-refractivity contribution in [1.29, 1.82) is 0 Å². The SMILES string of the molecule is Cc1ccc(-c2cc3c(-c4ccc5ccccc5c4)c(C)c(C)cc3[cH-]2)o1.[Zr]. The molecule has 2 heteroatoms. The number of benzene rings is 3. The van der Waals surface area contributed by atoms with E-state index < -0.39 is 0 Å². The summed E-state index contributed by atoms with van der Waals surface area (Å²) in [5.41, 5.74) is 6.40. The van der Waals surface area contributed by atoms with Crippen LogP contribution >= 0.6 is 0 Å². The molecule has 0 unspecified atom stereocenters. The molecule has 0 aliphatic rings. The molecular weight excluding hydrogens is 420 g/mol. The van der Waals surface area contributed by atoms with Crippen molar-refractivity contribution in [2.75, 3.05) is 0 Å². The van der Waals surface area contributed by atoms with Crippen molar-refractivity contribution in [3.05, 3.63) is 89.7 Å². The molecule has 0 amide bonds. The topological polar surface area (TPSA) is 13.1 Å². The molecule has 1 heterocycles. The van der Waals surface area contributed by atoms with Crippen molar-refractivity contribution in [3.63, 3.8) is 0 Å². The second-order valence-electron chi connectivity index (χ2n) is 7.41. The molecule has 0 aliphatic carbocycles. The molecule has 0 saturated heterocycles. The summed E-state index contributed by atoms with van der Waals surface area (Å²) in [4.78, 5) is 0. The van der Waals surface area contributed by atoms with E-state index in [1.54, 1.807) is 0 Å². The first-order valence-corrected chi connectivity index (χ1v) is 9.37. The van der Waals surface area contributed by atoms with Gasteiger partial charge in [0.05, 0.1) is 11.5 Å². The fraction of sp³-hybridized carbons (Fsp3) is 0.115. The summed E-state index contributed by atoms with van der Waals surface area (Å²) in [5, 5.41) is 5.11. The van der Waals surface area contributed by atoms with Crippen LogP contribution in [-0.4, -0.2) is 0 Å². The zero-order chi connectivity index (χ0) is 18.5. The molecule has 1 aromatic heterocycles. The van der Waals surface area contributed by atoms with Crippen LogP contribution in [0, 0.1) is 20.8 Å². The van der Waals surface area contributed by atoms with E-state index in [-0.39, 0.29) is 26.2 Å². The van der Waals surface area contributed by atoms with Crippen molar-refractivity contribution in [1.82, 2.24) is 0 Å². The number of hydrogen-bond donors (Lipinski definition) is 0. The Bertz CT molecular complexity index is 1300. The van der Waals surface area contributed by atoms with Crippen LogP contribution in [0.3, 0.4) is 0 Å². The first-order valence-electron chi connectivity index (χ1n) is 9.37. The maximum absolute atomic E-state index is 5.86. The average Bonchev–Trinajstić information content (AvgIpc) is 3.28. The van der Waals surface area contributed by atoms with Gasteiger partial charge in [0.15, 0.2) is 0 Å². The molecule has 5 aromatic rings. The third-order valence-corrected chi connectivity index (χ3v) is 5.59. The zero-order valence-corrected chi connectivity index (χ0v) is 18.8. The second-order valence-corrected chi connectivity index (χ2v) is 7.41. The van der Waals surface area contributed by atoms with Crippen LogP contribution in [0.5, 0.6) is 0 Å². The Morgan fingerprint density at radius 3 is 2.32 bits per heavy atom. The Labute approximate surface area is 184 Å². The molecule has 0 fully saturated rings. The minimum atomic E-state index is 0. The standard InChI is InChI=1S/C26H21O.Zr/c1-16-12-22-14-23(25-11-8-17(2)27-25)15-24(22)26(18(16)3)21-10-9-19-6-4-5-7-20(19)13-21;/h4-15H,1-3H3;/q-1;. The van der Waals surface area contributed by atoms with E-state index in [2.05, 4.69) is 80.6 Å². The second kappa shape index (κ2) is 7.26. The van der Waals surface area contributed by atoms with E-state index in [1.165, 1.54) is 43.8 Å². The largest absolute Gasteiger partial charge is 0.496 e. The maximum atomic E-state index is 5.86. The molecule has 0 radical (unpaired) electrons. The number of hydrogen-bond acceptors (Lipinski definition) is 1. The first-order chi connectivity index (χ1) is 13.1. The monoisotopic (exact) mass is 439 g/mol. The number of furan rings is 1. The molecule has 0 saturated carbocycles. The average molecular weight is 441 g/mol. The summed E-state index contributed by atoms with van der Waals surface area (Å²) in [6.07, 6.45) is 0. The Morgan fingerprint density at radius 2 is 1.57 bits per heavy atom. The van der Waals surface area contributed by atoms with E-state index >= 15 is 0 Å². The Kier molecular flexibility index (Phi) is 4.93. The summed E-state index contributed by atoms with van der Waals surface area (Å²) in [7, 11) is 0. The zero-order valence-electron chi connectivity index (χ0n) is 16.3. The predicted octanol–water partition coefficient (Wildman–Crippen LogP) is 7.56. The van der Waals surface area contributed by atoms with Gasteiger partial charge < -0.3 is 4.42 Å². The molecule has 0 N–H and O–H groups in total. The van der Waals surface area contributed by atoms with Crippen molar-refractivity contribution in [2.45, 2.75) is 20.8 Å². The molecular formula is C26H21OZr-. The van der Waals surface area contributed by atoms with E-state index in [9.17, 15) is 0 Å². The van der Waals surface area contributed by atoms with Crippen LogP contribution in [0.1, 0.15) is 16.9 Å². The quantitative estimate of drug-likeness (QED) is 0.258. The van der Waals surface area contributed by atoms with E-state index in [1.807, 2.05) is 13.0 Å². The molecule has 0 atom stereocenters. The third kappa shape index (κ3) is 3.10. The van der Waals surface area contributed by atoms with Gasteiger partial charge in [0, 0.05) is 26.2 Å². The van der Waals surface area contributed by atoms with Gasteiger partial charge in [0.1, 0.15) is 0 Å². The molecule has 5 rings (SSSR count). The predicted molar refractivity (Wildman–Crippen MR) is 114 cm³/mol. The minimum Gasteiger partial charge on any atom is -0.496 e. The van der Waals surface area contributed by atoms with Gasteiger partial charge in [-0.15, -0.1) is 29.0 Å². The molecule has 4 aromatic carbocycles. The fourth-order valence-electron chi connectivity index (χ4n) is 4.05. The van der Waals surface area contributed by atoms with Crippen LogP contribution in [0.4, 0.5) is 0 Å². The Hall–Kier alpha value is -2.31. The van der Waals surface area contributed by atoms with E-state index in [0.29, 0.717) is 0 Å². The van der Waals surface area contributed by atoms with Crippen LogP contribution in [-0.2, 0) is 26.2 Å². The number of aryl methyl sites for hydroxylation is 2. The van der Waals surface area contributed by atoms with E-state index in [4.69, 9.17) is 4.42 Å². The maximum Gasteiger partial charge on any atom is 0.0896 e. The summed E-state index contributed by atoms with van der Waals surface area (Å²) in [6, 6.07) is 26.2. The van der Waals surface area contributed by atoms with Gasteiger partial charge >= 0.3 is 0 Å². The summed E-state index contributed by atoms with van der Waals surface area (Å²) in [6.45, 7) is 6.41. The number of fused-ring (bicyclic) bond motifs is 2. The number of rotatable bonds is 2. The Balaban J connectivity index is 0.00000192. The van der Waals surface area contributed by atoms with Gasteiger partial charge in [0.25, 0.3) is 0 Å². The van der Waals surface area contributed by atoms with Crippen LogP contribution in [0.2, 0.25) is 0 Å². The van der Waals surface area contributed by atoms with Crippen LogP contribution in [0.25, 0.3) is 44.0 Å². The van der Waals surface area contributed by atoms with Gasteiger partial charge in [-0.2, -0.15) is 0 Å². The minimum absolute atomic E-state index is 0. The van der Waals surface area contributed by atoms with Crippen LogP contribution in [0.15, 0.2) is 77.2 Å². The van der Waals surface area contributed by atoms with Gasteiger partial charge in [-0.25, -0.2) is 0 Å². The molecule has 0 aliphatic heterocycles. The molecule has 0 spiro atoms. The first kappa shape index (κ1) is 19.0. The molecule has 28 heavy (non-hydrogen) atoms. The Morgan fingerprint density at radius 1 is 0.786 bits per heavy atom. The van der Waals surface area contributed by atoms with Gasteiger partial charge in [-0.3, -0.25) is 0 Å². The third-order valence-electron chi connectivity index (χ3n) is 5.59. The smallest absolute Gasteiger partial charge is 0.0896 e. The van der Waals surface area contributed by atoms with Crippen LogP contribution < -0.4 is 0 Å². The van der Waals surface area contributed by atoms with Crippen molar-refractivity contribution < 1.29 is 30.6 Å². The van der Waals surface area contributed by atoms with Crippen molar-refractivity contribution in [3.8, 4) is 22.5 Å². The van der Waals surface area contributed by atoms with Crippen molar-refractivity contribution >= 4 is 21.5 Å². The van der Waals surface area contributed by atoms with Crippen molar-refractivity contribution in [2.24, 2.45) is 0 Å². The van der Waals surface area contributed by atoms with Gasteiger partial charge in [0.2, 0.25) is 0 Å². The summed E-state index contributed by atoms with van der Waals surface area (Å²) >= 11 is 0. The molecule has 136 valence electrons. The van der Waals surface area contributed by atoms with E-state index in [0.717, 1.165) is 17.1 Å². The summed E-state index contributed by atoms with van der Waals surface area (Å²) in [5.74, 6) is 1.88. The normalized spacial score (nSPS) is 11.1. The summed E-state index contributed by atoms with van der Waals surface area (Å²) < 4.78 is 5.86. The molecule has 1 nitrogen and oxygen atoms in total. The van der Waals surface area contributed by atoms with Gasteiger partial charge in [-0.05, 0) is 60.9 Å². The fourth-order valence-corrected chi connectivity index (χ4v) is 4.05.